The number of carbonyl (C=O) groups excluding carboxylic acids is 2. The molecule has 0 amide bonds. The van der Waals surface area contributed by atoms with Gasteiger partial charge in [-0.15, -0.1) is 11.3 Å². The molecule has 0 aliphatic heterocycles. The molecule has 1 heterocycles. The van der Waals surface area contributed by atoms with Crippen molar-refractivity contribution in [1.82, 2.24) is 0 Å². The van der Waals surface area contributed by atoms with Crippen molar-refractivity contribution in [2.45, 2.75) is 13.8 Å². The van der Waals surface area contributed by atoms with E-state index in [1.54, 1.807) is 25.2 Å². The molecule has 0 aliphatic carbocycles. The smallest absolute Gasteiger partial charge is 0.161 e. The number of rotatable bonds is 2. The van der Waals surface area contributed by atoms with E-state index in [1.807, 2.05) is 36.4 Å². The Labute approximate surface area is 114 Å². The Morgan fingerprint density at radius 2 is 1.74 bits per heavy atom. The van der Waals surface area contributed by atoms with Gasteiger partial charge >= 0.3 is 0 Å². The molecule has 0 bridgehead atoms. The molecule has 3 rings (SSSR count). The summed E-state index contributed by atoms with van der Waals surface area (Å²) in [6, 6.07) is 11.5. The molecule has 2 aromatic carbocycles. The largest absolute Gasteiger partial charge is 0.295 e. The quantitative estimate of drug-likeness (QED) is 0.643. The highest BCUT2D eigenvalue weighted by Gasteiger charge is 2.12. The second-order valence-corrected chi connectivity index (χ2v) is 5.66. The van der Waals surface area contributed by atoms with E-state index in [0.717, 1.165) is 25.7 Å². The number of benzene rings is 2. The van der Waals surface area contributed by atoms with Gasteiger partial charge in [0.1, 0.15) is 0 Å². The van der Waals surface area contributed by atoms with Gasteiger partial charge < -0.3 is 0 Å². The molecule has 0 atom stereocenters. The lowest BCUT2D eigenvalue weighted by Gasteiger charge is -1.98. The van der Waals surface area contributed by atoms with Crippen LogP contribution in [0.2, 0.25) is 0 Å². The van der Waals surface area contributed by atoms with Gasteiger partial charge in [0.05, 0.1) is 0 Å². The van der Waals surface area contributed by atoms with Crippen LogP contribution in [0, 0.1) is 0 Å². The highest BCUT2D eigenvalue weighted by molar-refractivity contribution is 7.26. The van der Waals surface area contributed by atoms with Crippen LogP contribution in [0.5, 0.6) is 0 Å². The lowest BCUT2D eigenvalue weighted by atomic mass is 10.0. The average Bonchev–Trinajstić information content (AvgIpc) is 2.75. The Balaban J connectivity index is 2.43. The molecule has 0 saturated heterocycles. The van der Waals surface area contributed by atoms with Crippen LogP contribution in [0.4, 0.5) is 0 Å². The highest BCUT2D eigenvalue weighted by atomic mass is 32.1. The zero-order chi connectivity index (χ0) is 13.6. The maximum atomic E-state index is 11.7. The Morgan fingerprint density at radius 1 is 0.947 bits per heavy atom. The van der Waals surface area contributed by atoms with Crippen molar-refractivity contribution in [2.24, 2.45) is 0 Å². The standard InChI is InChI=1S/C16H12O2S/c1-9(17)11-6-7-15-14(8-11)13-5-3-4-12(10(2)18)16(13)19-15/h3-8H,1-2H3. The van der Waals surface area contributed by atoms with Crippen molar-refractivity contribution in [2.75, 3.05) is 0 Å². The molecule has 19 heavy (non-hydrogen) atoms. The topological polar surface area (TPSA) is 34.1 Å². The van der Waals surface area contributed by atoms with Crippen LogP contribution in [0.1, 0.15) is 34.6 Å². The number of thiophene rings is 1. The van der Waals surface area contributed by atoms with Gasteiger partial charge in [0.2, 0.25) is 0 Å². The second kappa shape index (κ2) is 4.28. The number of carbonyl (C=O) groups is 2. The van der Waals surface area contributed by atoms with Gasteiger partial charge in [-0.05, 0) is 38.1 Å². The maximum absolute atomic E-state index is 11.7. The minimum Gasteiger partial charge on any atom is -0.295 e. The van der Waals surface area contributed by atoms with E-state index < -0.39 is 0 Å². The summed E-state index contributed by atoms with van der Waals surface area (Å²) in [6.45, 7) is 3.15. The van der Waals surface area contributed by atoms with Gasteiger partial charge in [0.15, 0.2) is 11.6 Å². The van der Waals surface area contributed by atoms with Crippen LogP contribution in [0.25, 0.3) is 20.2 Å². The van der Waals surface area contributed by atoms with Gasteiger partial charge in [0.25, 0.3) is 0 Å². The molecule has 0 unspecified atom stereocenters. The highest BCUT2D eigenvalue weighted by Crippen LogP contribution is 2.36. The van der Waals surface area contributed by atoms with Gasteiger partial charge in [-0.25, -0.2) is 0 Å². The van der Waals surface area contributed by atoms with Gasteiger partial charge in [-0.3, -0.25) is 9.59 Å². The van der Waals surface area contributed by atoms with E-state index in [1.165, 1.54) is 0 Å². The Morgan fingerprint density at radius 3 is 2.42 bits per heavy atom. The first-order valence-corrected chi connectivity index (χ1v) is 6.87. The first kappa shape index (κ1) is 12.1. The van der Waals surface area contributed by atoms with E-state index in [9.17, 15) is 9.59 Å². The SMILES string of the molecule is CC(=O)c1ccc2sc3c(C(C)=O)cccc3c2c1. The van der Waals surface area contributed by atoms with E-state index in [-0.39, 0.29) is 11.6 Å². The zero-order valence-electron chi connectivity index (χ0n) is 10.7. The number of hydrogen-bond acceptors (Lipinski definition) is 3. The van der Waals surface area contributed by atoms with Gasteiger partial charge in [0, 0.05) is 31.3 Å². The maximum Gasteiger partial charge on any atom is 0.161 e. The van der Waals surface area contributed by atoms with Crippen LogP contribution >= 0.6 is 11.3 Å². The third kappa shape index (κ3) is 1.87. The van der Waals surface area contributed by atoms with E-state index in [0.29, 0.717) is 5.56 Å². The molecular formula is C16H12O2S. The Kier molecular flexibility index (Phi) is 2.72. The summed E-state index contributed by atoms with van der Waals surface area (Å²) in [6.07, 6.45) is 0. The summed E-state index contributed by atoms with van der Waals surface area (Å²) in [7, 11) is 0. The second-order valence-electron chi connectivity index (χ2n) is 4.61. The molecule has 94 valence electrons. The lowest BCUT2D eigenvalue weighted by Crippen LogP contribution is -1.91. The van der Waals surface area contributed by atoms with E-state index in [2.05, 4.69) is 0 Å². The molecule has 0 N–H and O–H groups in total. The summed E-state index contributed by atoms with van der Waals surface area (Å²) < 4.78 is 2.11. The van der Waals surface area contributed by atoms with Gasteiger partial charge in [-0.2, -0.15) is 0 Å². The molecule has 0 aliphatic rings. The third-order valence-electron chi connectivity index (χ3n) is 3.28. The number of ketones is 2. The predicted molar refractivity (Wildman–Crippen MR) is 79.3 cm³/mol. The summed E-state index contributed by atoms with van der Waals surface area (Å²) in [5.41, 5.74) is 1.46. The van der Waals surface area contributed by atoms with Crippen LogP contribution in [0.3, 0.4) is 0 Å². The Bertz CT molecular complexity index is 827. The van der Waals surface area contributed by atoms with E-state index >= 15 is 0 Å². The summed E-state index contributed by atoms with van der Waals surface area (Å²) in [5, 5.41) is 2.10. The first-order valence-electron chi connectivity index (χ1n) is 6.05. The van der Waals surface area contributed by atoms with Crippen molar-refractivity contribution in [3.63, 3.8) is 0 Å². The lowest BCUT2D eigenvalue weighted by molar-refractivity contribution is 0.101. The number of fused-ring (bicyclic) bond motifs is 3. The van der Waals surface area contributed by atoms with Crippen molar-refractivity contribution >= 4 is 43.1 Å². The molecule has 0 fully saturated rings. The fourth-order valence-electron chi connectivity index (χ4n) is 2.29. The van der Waals surface area contributed by atoms with Crippen LogP contribution < -0.4 is 0 Å². The normalized spacial score (nSPS) is 11.1. The molecule has 0 saturated carbocycles. The van der Waals surface area contributed by atoms with Crippen molar-refractivity contribution in [3.8, 4) is 0 Å². The summed E-state index contributed by atoms with van der Waals surface area (Å²) >= 11 is 1.60. The fraction of sp³-hybridized carbons (Fsp3) is 0.125. The number of hydrogen-bond donors (Lipinski definition) is 0. The average molecular weight is 268 g/mol. The summed E-state index contributed by atoms with van der Waals surface area (Å²) in [5.74, 6) is 0.132. The van der Waals surface area contributed by atoms with Crippen molar-refractivity contribution in [1.29, 1.82) is 0 Å². The zero-order valence-corrected chi connectivity index (χ0v) is 11.5. The monoisotopic (exact) mass is 268 g/mol. The summed E-state index contributed by atoms with van der Waals surface area (Å²) in [4.78, 5) is 23.1. The van der Waals surface area contributed by atoms with Gasteiger partial charge in [-0.1, -0.05) is 12.1 Å². The Hall–Kier alpha value is -2.00. The van der Waals surface area contributed by atoms with Crippen molar-refractivity contribution in [3.05, 3.63) is 47.5 Å². The molecule has 3 aromatic rings. The third-order valence-corrected chi connectivity index (χ3v) is 4.50. The minimum absolute atomic E-state index is 0.0592. The first-order chi connectivity index (χ1) is 9.08. The molecule has 0 spiro atoms. The fourth-order valence-corrected chi connectivity index (χ4v) is 3.54. The van der Waals surface area contributed by atoms with Crippen LogP contribution in [-0.2, 0) is 0 Å². The van der Waals surface area contributed by atoms with Crippen LogP contribution in [0.15, 0.2) is 36.4 Å². The number of Topliss-reactive ketones (excluding diaryl/α,β-unsaturated/α-hetero) is 2. The molecular weight excluding hydrogens is 256 g/mol. The molecule has 1 aromatic heterocycles. The predicted octanol–water partition coefficient (Wildman–Crippen LogP) is 4.46. The van der Waals surface area contributed by atoms with E-state index in [4.69, 9.17) is 0 Å². The van der Waals surface area contributed by atoms with Crippen LogP contribution in [-0.4, -0.2) is 11.6 Å². The molecule has 2 nitrogen and oxygen atoms in total. The molecule has 3 heteroatoms. The molecule has 0 radical (unpaired) electrons. The minimum atomic E-state index is 0.0592. The van der Waals surface area contributed by atoms with Crippen molar-refractivity contribution < 1.29 is 9.59 Å².